The average Bonchev–Trinajstić information content (AvgIpc) is 2.83. The van der Waals surface area contributed by atoms with Crippen LogP contribution in [0, 0.1) is 13.8 Å². The molecule has 0 aliphatic carbocycles. The Kier molecular flexibility index (Phi) is 8.31. The van der Waals surface area contributed by atoms with Crippen LogP contribution in [0.3, 0.4) is 0 Å². The summed E-state index contributed by atoms with van der Waals surface area (Å²) in [6.45, 7) is 3.58. The first-order chi connectivity index (χ1) is 16.3. The number of carbonyl (C=O) groups is 3. The van der Waals surface area contributed by atoms with Gasteiger partial charge in [0.2, 0.25) is 0 Å². The fourth-order valence-corrected chi connectivity index (χ4v) is 3.06. The first-order valence-corrected chi connectivity index (χ1v) is 10.8. The van der Waals surface area contributed by atoms with Gasteiger partial charge in [-0.05, 0) is 74.1 Å². The van der Waals surface area contributed by atoms with Crippen molar-refractivity contribution in [3.05, 3.63) is 95.1 Å². The van der Waals surface area contributed by atoms with E-state index in [0.717, 1.165) is 11.1 Å². The van der Waals surface area contributed by atoms with E-state index < -0.39 is 11.8 Å². The largest absolute Gasteiger partial charge is 0.484 e. The lowest BCUT2D eigenvalue weighted by Crippen LogP contribution is -2.49. The van der Waals surface area contributed by atoms with Gasteiger partial charge in [0.05, 0.1) is 0 Å². The van der Waals surface area contributed by atoms with Crippen molar-refractivity contribution >= 4 is 40.7 Å². The van der Waals surface area contributed by atoms with E-state index in [-0.39, 0.29) is 17.6 Å². The van der Waals surface area contributed by atoms with Gasteiger partial charge in [0.25, 0.3) is 17.7 Å². The molecule has 0 aliphatic rings. The normalized spacial score (nSPS) is 10.1. The SMILES string of the molecule is Cc1ccc(OCC(=O)NC(=S)NNC(=O)c2ccc(NC(=O)c3ccccc3C)cc2)cc1. The third kappa shape index (κ3) is 7.14. The lowest BCUT2D eigenvalue weighted by Gasteiger charge is -2.12. The van der Waals surface area contributed by atoms with E-state index in [1.54, 1.807) is 48.5 Å². The van der Waals surface area contributed by atoms with Crippen molar-refractivity contribution in [2.24, 2.45) is 0 Å². The number of nitrogens with one attached hydrogen (secondary N) is 4. The molecule has 0 unspecified atom stereocenters. The number of ether oxygens (including phenoxy) is 1. The van der Waals surface area contributed by atoms with Gasteiger partial charge in [0, 0.05) is 16.8 Å². The van der Waals surface area contributed by atoms with Gasteiger partial charge >= 0.3 is 0 Å². The number of hydrogen-bond acceptors (Lipinski definition) is 5. The van der Waals surface area contributed by atoms with E-state index in [1.807, 2.05) is 38.1 Å². The molecular weight excluding hydrogens is 452 g/mol. The van der Waals surface area contributed by atoms with Gasteiger partial charge in [-0.1, -0.05) is 35.9 Å². The Morgan fingerprint density at radius 1 is 0.824 bits per heavy atom. The van der Waals surface area contributed by atoms with Gasteiger partial charge < -0.3 is 10.1 Å². The number of thiocarbonyl (C=S) groups is 1. The van der Waals surface area contributed by atoms with Crippen LogP contribution in [-0.4, -0.2) is 29.4 Å². The molecule has 3 aromatic rings. The zero-order valence-corrected chi connectivity index (χ0v) is 19.5. The predicted octanol–water partition coefficient (Wildman–Crippen LogP) is 3.27. The van der Waals surface area contributed by atoms with Crippen LogP contribution in [0.2, 0.25) is 0 Å². The smallest absolute Gasteiger partial charge is 0.269 e. The Morgan fingerprint density at radius 3 is 2.18 bits per heavy atom. The Morgan fingerprint density at radius 2 is 1.50 bits per heavy atom. The van der Waals surface area contributed by atoms with Gasteiger partial charge in [-0.2, -0.15) is 0 Å². The summed E-state index contributed by atoms with van der Waals surface area (Å²) < 4.78 is 5.38. The van der Waals surface area contributed by atoms with Crippen LogP contribution in [0.5, 0.6) is 5.75 Å². The third-order valence-corrected chi connectivity index (χ3v) is 4.93. The molecule has 0 saturated heterocycles. The van der Waals surface area contributed by atoms with Crippen molar-refractivity contribution in [3.63, 3.8) is 0 Å². The first-order valence-electron chi connectivity index (χ1n) is 10.4. The minimum absolute atomic E-state index is 0.0760. The van der Waals surface area contributed by atoms with E-state index >= 15 is 0 Å². The highest BCUT2D eigenvalue weighted by molar-refractivity contribution is 7.80. The number of hydrogen-bond donors (Lipinski definition) is 4. The van der Waals surface area contributed by atoms with Crippen LogP contribution in [0.15, 0.2) is 72.8 Å². The molecule has 0 bridgehead atoms. The molecule has 3 aromatic carbocycles. The molecule has 0 radical (unpaired) electrons. The fraction of sp³-hybridized carbons (Fsp3) is 0.120. The Bertz CT molecular complexity index is 1190. The van der Waals surface area contributed by atoms with Crippen LogP contribution in [0.1, 0.15) is 31.8 Å². The summed E-state index contributed by atoms with van der Waals surface area (Å²) in [6.07, 6.45) is 0. The average molecular weight is 477 g/mol. The number of carbonyl (C=O) groups excluding carboxylic acids is 3. The molecule has 34 heavy (non-hydrogen) atoms. The molecule has 0 heterocycles. The molecular formula is C25H24N4O4S. The number of anilines is 1. The molecule has 8 nitrogen and oxygen atoms in total. The van der Waals surface area contributed by atoms with Crippen LogP contribution >= 0.6 is 12.2 Å². The maximum Gasteiger partial charge on any atom is 0.269 e. The molecule has 0 atom stereocenters. The highest BCUT2D eigenvalue weighted by Gasteiger charge is 2.11. The number of hydrazine groups is 1. The van der Waals surface area contributed by atoms with Crippen LogP contribution in [-0.2, 0) is 4.79 Å². The molecule has 0 saturated carbocycles. The highest BCUT2D eigenvalue weighted by atomic mass is 32.1. The Balaban J connectivity index is 1.43. The van der Waals surface area contributed by atoms with Crippen molar-refractivity contribution in [2.75, 3.05) is 11.9 Å². The van der Waals surface area contributed by atoms with Crippen LogP contribution < -0.4 is 26.2 Å². The van der Waals surface area contributed by atoms with E-state index in [9.17, 15) is 14.4 Å². The fourth-order valence-electron chi connectivity index (χ4n) is 2.89. The maximum atomic E-state index is 12.4. The third-order valence-electron chi connectivity index (χ3n) is 4.73. The zero-order valence-electron chi connectivity index (χ0n) is 18.7. The van der Waals surface area contributed by atoms with Crippen LogP contribution in [0.25, 0.3) is 0 Å². The quantitative estimate of drug-likeness (QED) is 0.321. The molecule has 3 rings (SSSR count). The monoisotopic (exact) mass is 476 g/mol. The van der Waals surface area contributed by atoms with Crippen molar-refractivity contribution < 1.29 is 19.1 Å². The summed E-state index contributed by atoms with van der Waals surface area (Å²) in [5.41, 5.74) is 8.28. The van der Waals surface area contributed by atoms with Gasteiger partial charge in [0.15, 0.2) is 11.7 Å². The van der Waals surface area contributed by atoms with Gasteiger partial charge in [-0.15, -0.1) is 0 Å². The Labute approximate surface area is 202 Å². The van der Waals surface area contributed by atoms with Crippen molar-refractivity contribution in [1.29, 1.82) is 0 Å². The molecule has 174 valence electrons. The van der Waals surface area contributed by atoms with E-state index in [2.05, 4.69) is 21.5 Å². The Hall–Kier alpha value is -4.24. The first kappa shape index (κ1) is 24.4. The highest BCUT2D eigenvalue weighted by Crippen LogP contribution is 2.14. The van der Waals surface area contributed by atoms with E-state index in [1.165, 1.54) is 0 Å². The topological polar surface area (TPSA) is 109 Å². The molecule has 3 amide bonds. The summed E-state index contributed by atoms with van der Waals surface area (Å²) in [6, 6.07) is 20.9. The van der Waals surface area contributed by atoms with E-state index in [4.69, 9.17) is 17.0 Å². The second-order valence-electron chi connectivity index (χ2n) is 7.40. The minimum Gasteiger partial charge on any atom is -0.484 e. The van der Waals surface area contributed by atoms with Gasteiger partial charge in [-0.25, -0.2) is 0 Å². The van der Waals surface area contributed by atoms with E-state index in [0.29, 0.717) is 22.6 Å². The number of benzene rings is 3. The maximum absolute atomic E-state index is 12.4. The predicted molar refractivity (Wildman–Crippen MR) is 134 cm³/mol. The standard InChI is InChI=1S/C25H24N4O4S/c1-16-7-13-20(14-8-16)33-15-22(30)27-25(34)29-28-23(31)18-9-11-19(12-10-18)26-24(32)21-6-4-3-5-17(21)2/h3-14H,15H2,1-2H3,(H,26,32)(H,28,31)(H2,27,29,30,34). The van der Waals surface area contributed by atoms with Crippen molar-refractivity contribution in [2.45, 2.75) is 13.8 Å². The molecule has 0 fully saturated rings. The van der Waals surface area contributed by atoms with Crippen LogP contribution in [0.4, 0.5) is 5.69 Å². The summed E-state index contributed by atoms with van der Waals surface area (Å²) in [5.74, 6) is -0.610. The molecule has 0 aromatic heterocycles. The second kappa shape index (κ2) is 11.6. The lowest BCUT2D eigenvalue weighted by molar-refractivity contribution is -0.121. The number of rotatable bonds is 6. The minimum atomic E-state index is -0.471. The summed E-state index contributed by atoms with van der Waals surface area (Å²) in [4.78, 5) is 36.7. The zero-order chi connectivity index (χ0) is 24.5. The van der Waals surface area contributed by atoms with Crippen molar-refractivity contribution in [1.82, 2.24) is 16.2 Å². The molecule has 0 aliphatic heterocycles. The van der Waals surface area contributed by atoms with Gasteiger partial charge in [-0.3, -0.25) is 30.6 Å². The lowest BCUT2D eigenvalue weighted by atomic mass is 10.1. The summed E-state index contributed by atoms with van der Waals surface area (Å²) >= 11 is 5.01. The number of amides is 3. The molecule has 4 N–H and O–H groups in total. The summed E-state index contributed by atoms with van der Waals surface area (Å²) in [5, 5.41) is 5.13. The van der Waals surface area contributed by atoms with Gasteiger partial charge in [0.1, 0.15) is 5.75 Å². The molecule has 9 heteroatoms. The number of aryl methyl sites for hydroxylation is 2. The molecule has 0 spiro atoms. The summed E-state index contributed by atoms with van der Waals surface area (Å²) in [7, 11) is 0. The van der Waals surface area contributed by atoms with Crippen molar-refractivity contribution in [3.8, 4) is 5.75 Å². The second-order valence-corrected chi connectivity index (χ2v) is 7.81.